The number of carbonyl (C=O) groups is 1. The number of nitrogens with one attached hydrogen (secondary N) is 2. The van der Waals surface area contributed by atoms with E-state index in [1.54, 1.807) is 0 Å². The van der Waals surface area contributed by atoms with Gasteiger partial charge in [-0.2, -0.15) is 0 Å². The molecule has 1 saturated heterocycles. The van der Waals surface area contributed by atoms with Gasteiger partial charge in [-0.1, -0.05) is 29.7 Å². The number of aryl methyl sites for hydroxylation is 1. The summed E-state index contributed by atoms with van der Waals surface area (Å²) in [5.41, 5.74) is 2.68. The Kier molecular flexibility index (Phi) is 6.32. The topological polar surface area (TPSA) is 71.8 Å². The van der Waals surface area contributed by atoms with E-state index in [1.807, 2.05) is 35.6 Å². The van der Waals surface area contributed by atoms with E-state index in [-0.39, 0.29) is 5.91 Å². The van der Waals surface area contributed by atoms with Gasteiger partial charge in [0.05, 0.1) is 24.8 Å². The fraction of sp³-hybridized carbons (Fsp3) is 0.571. The van der Waals surface area contributed by atoms with Crippen LogP contribution in [0.5, 0.6) is 0 Å². The summed E-state index contributed by atoms with van der Waals surface area (Å²) in [5, 5.41) is 15.5. The lowest BCUT2D eigenvalue weighted by Gasteiger charge is -2.14. The molecule has 1 aromatic heterocycles. The zero-order valence-electron chi connectivity index (χ0n) is 16.5. The Hall–Kier alpha value is -1.86. The highest BCUT2D eigenvalue weighted by molar-refractivity contribution is 8.00. The molecule has 4 rings (SSSR count). The van der Waals surface area contributed by atoms with Crippen molar-refractivity contribution in [1.29, 1.82) is 0 Å². The van der Waals surface area contributed by atoms with Gasteiger partial charge in [0.2, 0.25) is 0 Å². The highest BCUT2D eigenvalue weighted by Gasteiger charge is 2.20. The van der Waals surface area contributed by atoms with Crippen LogP contribution in [0.25, 0.3) is 0 Å². The molecule has 1 saturated carbocycles. The van der Waals surface area contributed by atoms with Crippen LogP contribution in [0.3, 0.4) is 0 Å². The van der Waals surface area contributed by atoms with Crippen LogP contribution in [0, 0.1) is 6.92 Å². The van der Waals surface area contributed by atoms with E-state index < -0.39 is 0 Å². The molecule has 1 aromatic carbocycles. The maximum absolute atomic E-state index is 12.9. The fourth-order valence-corrected chi connectivity index (χ4v) is 5.38. The van der Waals surface area contributed by atoms with Crippen LogP contribution in [0.15, 0.2) is 29.3 Å². The normalized spacial score (nSPS) is 20.0. The number of hydrogen-bond donors (Lipinski definition) is 2. The van der Waals surface area contributed by atoms with Crippen LogP contribution >= 0.6 is 11.8 Å². The molecular weight excluding hydrogens is 370 g/mol. The van der Waals surface area contributed by atoms with Crippen molar-refractivity contribution in [3.05, 3.63) is 41.2 Å². The average molecular weight is 400 g/mol. The molecule has 150 valence electrons. The number of amides is 1. The van der Waals surface area contributed by atoms with E-state index >= 15 is 0 Å². The molecule has 2 N–H and O–H groups in total. The van der Waals surface area contributed by atoms with Gasteiger partial charge in [-0.25, -0.2) is 0 Å². The van der Waals surface area contributed by atoms with E-state index in [9.17, 15) is 4.79 Å². The molecule has 1 aliphatic heterocycles. The van der Waals surface area contributed by atoms with Gasteiger partial charge >= 0.3 is 0 Å². The third-order valence-electron chi connectivity index (χ3n) is 5.56. The lowest BCUT2D eigenvalue weighted by molar-refractivity contribution is 0.0947. The second kappa shape index (κ2) is 9.09. The molecule has 1 aliphatic carbocycles. The van der Waals surface area contributed by atoms with Gasteiger partial charge < -0.3 is 10.6 Å². The molecule has 6 nitrogen and oxygen atoms in total. The Balaban J connectivity index is 1.36. The summed E-state index contributed by atoms with van der Waals surface area (Å²) in [4.78, 5) is 13.9. The smallest absolute Gasteiger partial charge is 0.252 e. The summed E-state index contributed by atoms with van der Waals surface area (Å²) in [6.45, 7) is 4.35. The van der Waals surface area contributed by atoms with Crippen molar-refractivity contribution in [2.75, 3.05) is 6.54 Å². The standard InChI is InChI=1S/C21H29N5OS/c1-15-8-9-20(28-18-6-2-3-7-18)19(11-15)21(27)23-12-17-14-26(25-24-17)13-16-5-4-10-22-16/h8-9,11,14,16,18,22H,2-7,10,12-13H2,1H3,(H,23,27)/t16-/m0/s1. The predicted octanol–water partition coefficient (Wildman–Crippen LogP) is 3.30. The molecule has 2 fully saturated rings. The molecule has 0 bridgehead atoms. The van der Waals surface area contributed by atoms with Crippen LogP contribution in [0.4, 0.5) is 0 Å². The summed E-state index contributed by atoms with van der Waals surface area (Å²) in [7, 11) is 0. The first kappa shape index (κ1) is 19.5. The number of nitrogens with zero attached hydrogens (tertiary/aromatic N) is 3. The molecule has 28 heavy (non-hydrogen) atoms. The van der Waals surface area contributed by atoms with E-state index in [2.05, 4.69) is 33.1 Å². The maximum atomic E-state index is 12.9. The van der Waals surface area contributed by atoms with E-state index in [0.29, 0.717) is 17.8 Å². The molecule has 2 aliphatic rings. The lowest BCUT2D eigenvalue weighted by atomic mass is 10.1. The van der Waals surface area contributed by atoms with Crippen molar-refractivity contribution in [1.82, 2.24) is 25.6 Å². The minimum Gasteiger partial charge on any atom is -0.346 e. The van der Waals surface area contributed by atoms with Crippen LogP contribution in [-0.4, -0.2) is 38.7 Å². The van der Waals surface area contributed by atoms with Gasteiger partial charge in [0.15, 0.2) is 0 Å². The molecular formula is C21H29N5OS. The molecule has 1 amide bonds. The molecule has 0 radical (unpaired) electrons. The molecule has 7 heteroatoms. The largest absolute Gasteiger partial charge is 0.346 e. The Morgan fingerprint density at radius 1 is 1.29 bits per heavy atom. The van der Waals surface area contributed by atoms with E-state index in [0.717, 1.165) is 34.8 Å². The SMILES string of the molecule is Cc1ccc(SC2CCCC2)c(C(=O)NCc2cn(C[C@@H]3CCCN3)nn2)c1. The van der Waals surface area contributed by atoms with Crippen LogP contribution < -0.4 is 10.6 Å². The average Bonchev–Trinajstić information content (AvgIpc) is 3.45. The van der Waals surface area contributed by atoms with Crippen molar-refractivity contribution in [3.8, 4) is 0 Å². The number of hydrogen-bond acceptors (Lipinski definition) is 5. The second-order valence-electron chi connectivity index (χ2n) is 7.93. The highest BCUT2D eigenvalue weighted by atomic mass is 32.2. The van der Waals surface area contributed by atoms with Gasteiger partial charge in [0.25, 0.3) is 5.91 Å². The van der Waals surface area contributed by atoms with Gasteiger partial charge in [-0.3, -0.25) is 9.48 Å². The summed E-state index contributed by atoms with van der Waals surface area (Å²) in [6.07, 6.45) is 9.44. The third kappa shape index (κ3) is 4.94. The zero-order valence-corrected chi connectivity index (χ0v) is 17.3. The predicted molar refractivity (Wildman–Crippen MR) is 112 cm³/mol. The molecule has 1 atom stereocenters. The van der Waals surface area contributed by atoms with Crippen molar-refractivity contribution in [2.24, 2.45) is 0 Å². The Morgan fingerprint density at radius 3 is 2.93 bits per heavy atom. The highest BCUT2D eigenvalue weighted by Crippen LogP contribution is 2.36. The van der Waals surface area contributed by atoms with Crippen molar-refractivity contribution in [2.45, 2.75) is 74.7 Å². The fourth-order valence-electron chi connectivity index (χ4n) is 4.02. The number of carbonyl (C=O) groups excluding carboxylic acids is 1. The van der Waals surface area contributed by atoms with Gasteiger partial charge in [0, 0.05) is 16.2 Å². The van der Waals surface area contributed by atoms with E-state index in [4.69, 9.17) is 0 Å². The molecule has 0 unspecified atom stereocenters. The second-order valence-corrected chi connectivity index (χ2v) is 9.27. The number of aromatic nitrogens is 3. The molecule has 0 spiro atoms. The first-order chi connectivity index (χ1) is 13.7. The zero-order chi connectivity index (χ0) is 19.3. The molecule has 2 heterocycles. The first-order valence-corrected chi connectivity index (χ1v) is 11.2. The van der Waals surface area contributed by atoms with Crippen molar-refractivity contribution in [3.63, 3.8) is 0 Å². The Morgan fingerprint density at radius 2 is 2.14 bits per heavy atom. The minimum absolute atomic E-state index is 0.0313. The summed E-state index contributed by atoms with van der Waals surface area (Å²) < 4.78 is 1.87. The number of thioether (sulfide) groups is 1. The monoisotopic (exact) mass is 399 g/mol. The first-order valence-electron chi connectivity index (χ1n) is 10.4. The summed E-state index contributed by atoms with van der Waals surface area (Å²) in [5.74, 6) is -0.0313. The quantitative estimate of drug-likeness (QED) is 0.747. The number of benzene rings is 1. The van der Waals surface area contributed by atoms with Gasteiger partial charge in [-0.15, -0.1) is 16.9 Å². The minimum atomic E-state index is -0.0313. The third-order valence-corrected chi connectivity index (χ3v) is 6.98. The van der Waals surface area contributed by atoms with Gasteiger partial charge in [0.1, 0.15) is 5.69 Å². The number of rotatable bonds is 7. The maximum Gasteiger partial charge on any atom is 0.252 e. The van der Waals surface area contributed by atoms with Crippen LogP contribution in [0.2, 0.25) is 0 Å². The van der Waals surface area contributed by atoms with Crippen molar-refractivity contribution < 1.29 is 4.79 Å². The lowest BCUT2D eigenvalue weighted by Crippen LogP contribution is -2.27. The summed E-state index contributed by atoms with van der Waals surface area (Å²) >= 11 is 1.86. The van der Waals surface area contributed by atoms with E-state index in [1.165, 1.54) is 38.5 Å². The Bertz CT molecular complexity index is 809. The Labute approximate surface area is 170 Å². The molecule has 2 aromatic rings. The van der Waals surface area contributed by atoms with Crippen LogP contribution in [-0.2, 0) is 13.1 Å². The van der Waals surface area contributed by atoms with Crippen molar-refractivity contribution >= 4 is 17.7 Å². The van der Waals surface area contributed by atoms with Crippen LogP contribution in [0.1, 0.15) is 60.1 Å². The van der Waals surface area contributed by atoms with Gasteiger partial charge in [-0.05, 0) is 51.3 Å². The summed E-state index contributed by atoms with van der Waals surface area (Å²) in [6, 6.07) is 6.66.